The van der Waals surface area contributed by atoms with E-state index in [-0.39, 0.29) is 5.97 Å². The predicted molar refractivity (Wildman–Crippen MR) is 89.2 cm³/mol. The SMILES string of the molecule is C=CCC1(C(=O)OCC)CCc2c1[nH]c1c(C)ccc(C#N)c21. The van der Waals surface area contributed by atoms with E-state index in [2.05, 4.69) is 17.6 Å². The number of carbonyl (C=O) groups is 1. The maximum absolute atomic E-state index is 12.7. The van der Waals surface area contributed by atoms with Gasteiger partial charge in [-0.2, -0.15) is 5.26 Å². The predicted octanol–water partition coefficient (Wildman–Crippen LogP) is 3.67. The van der Waals surface area contributed by atoms with Crippen molar-refractivity contribution in [1.82, 2.24) is 4.98 Å². The minimum Gasteiger partial charge on any atom is -0.465 e. The van der Waals surface area contributed by atoms with Gasteiger partial charge in [-0.3, -0.25) is 4.79 Å². The number of rotatable bonds is 4. The number of hydrogen-bond acceptors (Lipinski definition) is 3. The molecule has 1 N–H and O–H groups in total. The fraction of sp³-hybridized carbons (Fsp3) is 0.368. The minimum absolute atomic E-state index is 0.207. The summed E-state index contributed by atoms with van der Waals surface area (Å²) >= 11 is 0. The van der Waals surface area contributed by atoms with E-state index >= 15 is 0 Å². The van der Waals surface area contributed by atoms with Gasteiger partial charge >= 0.3 is 5.97 Å². The van der Waals surface area contributed by atoms with Gasteiger partial charge in [0.2, 0.25) is 0 Å². The van der Waals surface area contributed by atoms with Gasteiger partial charge in [0.05, 0.1) is 23.8 Å². The molecular weight excluding hydrogens is 288 g/mol. The number of ether oxygens (including phenoxy) is 1. The molecular formula is C19H20N2O2. The van der Waals surface area contributed by atoms with Gasteiger partial charge in [-0.05, 0) is 50.3 Å². The first-order valence-electron chi connectivity index (χ1n) is 7.92. The molecule has 3 rings (SSSR count). The average Bonchev–Trinajstić information content (AvgIpc) is 3.08. The summed E-state index contributed by atoms with van der Waals surface area (Å²) in [5.41, 5.74) is 3.95. The van der Waals surface area contributed by atoms with E-state index < -0.39 is 5.41 Å². The van der Waals surface area contributed by atoms with Gasteiger partial charge in [0.15, 0.2) is 0 Å². The number of allylic oxidation sites excluding steroid dienone is 1. The number of aromatic amines is 1. The van der Waals surface area contributed by atoms with Crippen LogP contribution in [-0.4, -0.2) is 17.6 Å². The summed E-state index contributed by atoms with van der Waals surface area (Å²) < 4.78 is 5.35. The highest BCUT2D eigenvalue weighted by molar-refractivity contribution is 5.96. The molecule has 1 heterocycles. The molecule has 1 aromatic carbocycles. The maximum Gasteiger partial charge on any atom is 0.318 e. The summed E-state index contributed by atoms with van der Waals surface area (Å²) in [4.78, 5) is 16.1. The number of benzene rings is 1. The molecule has 0 saturated carbocycles. The van der Waals surface area contributed by atoms with Crippen LogP contribution in [0, 0.1) is 18.3 Å². The Labute approximate surface area is 135 Å². The van der Waals surface area contributed by atoms with Crippen molar-refractivity contribution >= 4 is 16.9 Å². The number of nitrogens with one attached hydrogen (secondary N) is 1. The van der Waals surface area contributed by atoms with Crippen molar-refractivity contribution in [2.75, 3.05) is 6.61 Å². The third-order valence-electron chi connectivity index (χ3n) is 4.83. The molecule has 0 aliphatic heterocycles. The second kappa shape index (κ2) is 5.58. The smallest absolute Gasteiger partial charge is 0.318 e. The molecule has 0 saturated heterocycles. The van der Waals surface area contributed by atoms with Crippen LogP contribution in [-0.2, 0) is 21.4 Å². The minimum atomic E-state index is -0.703. The van der Waals surface area contributed by atoms with Crippen molar-refractivity contribution < 1.29 is 9.53 Å². The molecule has 1 atom stereocenters. The van der Waals surface area contributed by atoms with E-state index in [0.29, 0.717) is 25.0 Å². The van der Waals surface area contributed by atoms with Crippen LogP contribution in [0.4, 0.5) is 0 Å². The molecule has 0 bridgehead atoms. The monoisotopic (exact) mass is 308 g/mol. The number of H-pyrrole nitrogens is 1. The molecule has 0 radical (unpaired) electrons. The normalized spacial score (nSPS) is 19.3. The van der Waals surface area contributed by atoms with Gasteiger partial charge in [0.25, 0.3) is 0 Å². The Balaban J connectivity index is 2.28. The van der Waals surface area contributed by atoms with Crippen LogP contribution in [0.1, 0.15) is 42.1 Å². The molecule has 4 nitrogen and oxygen atoms in total. The summed E-state index contributed by atoms with van der Waals surface area (Å²) in [7, 11) is 0. The van der Waals surface area contributed by atoms with Crippen molar-refractivity contribution in [3.05, 3.63) is 47.2 Å². The zero-order valence-electron chi connectivity index (χ0n) is 13.5. The largest absolute Gasteiger partial charge is 0.465 e. The Morgan fingerprint density at radius 2 is 2.35 bits per heavy atom. The Hall–Kier alpha value is -2.54. The van der Waals surface area contributed by atoms with Crippen LogP contribution < -0.4 is 0 Å². The number of aryl methyl sites for hydroxylation is 2. The van der Waals surface area contributed by atoms with E-state index in [1.54, 1.807) is 6.08 Å². The zero-order valence-corrected chi connectivity index (χ0v) is 13.5. The first-order chi connectivity index (χ1) is 11.1. The number of nitrogens with zero attached hydrogens (tertiary/aromatic N) is 1. The Kier molecular flexibility index (Phi) is 3.73. The Morgan fingerprint density at radius 1 is 1.57 bits per heavy atom. The zero-order chi connectivity index (χ0) is 16.6. The molecule has 23 heavy (non-hydrogen) atoms. The second-order valence-electron chi connectivity index (χ2n) is 6.07. The van der Waals surface area contributed by atoms with E-state index in [4.69, 9.17) is 4.74 Å². The number of esters is 1. The van der Waals surface area contributed by atoms with Gasteiger partial charge in [0.1, 0.15) is 5.41 Å². The van der Waals surface area contributed by atoms with Gasteiger partial charge in [-0.25, -0.2) is 0 Å². The van der Waals surface area contributed by atoms with Gasteiger partial charge < -0.3 is 9.72 Å². The topological polar surface area (TPSA) is 65.9 Å². The van der Waals surface area contributed by atoms with Crippen molar-refractivity contribution in [2.45, 2.75) is 38.5 Å². The summed E-state index contributed by atoms with van der Waals surface area (Å²) in [5, 5.41) is 10.4. The fourth-order valence-corrected chi connectivity index (χ4v) is 3.73. The van der Waals surface area contributed by atoms with E-state index in [1.807, 2.05) is 26.0 Å². The molecule has 118 valence electrons. The number of carbonyl (C=O) groups excluding carboxylic acids is 1. The summed E-state index contributed by atoms with van der Waals surface area (Å²) in [6.45, 7) is 8.00. The number of nitriles is 1. The molecule has 1 unspecified atom stereocenters. The van der Waals surface area contributed by atoms with E-state index in [0.717, 1.165) is 34.1 Å². The lowest BCUT2D eigenvalue weighted by molar-refractivity contribution is -0.150. The first-order valence-corrected chi connectivity index (χ1v) is 7.92. The van der Waals surface area contributed by atoms with Crippen molar-refractivity contribution in [3.63, 3.8) is 0 Å². The number of hydrogen-bond donors (Lipinski definition) is 1. The number of aromatic nitrogens is 1. The Morgan fingerprint density at radius 3 is 3.00 bits per heavy atom. The van der Waals surface area contributed by atoms with Crippen LogP contribution in [0.15, 0.2) is 24.8 Å². The molecule has 1 aromatic heterocycles. The van der Waals surface area contributed by atoms with Crippen LogP contribution >= 0.6 is 0 Å². The molecule has 1 aliphatic rings. The first kappa shape index (κ1) is 15.4. The van der Waals surface area contributed by atoms with Crippen molar-refractivity contribution in [1.29, 1.82) is 5.26 Å². The third kappa shape index (κ3) is 2.08. The highest BCUT2D eigenvalue weighted by Crippen LogP contribution is 2.46. The summed E-state index contributed by atoms with van der Waals surface area (Å²) in [6, 6.07) is 6.06. The summed E-state index contributed by atoms with van der Waals surface area (Å²) in [5.74, 6) is -0.207. The van der Waals surface area contributed by atoms with Crippen LogP contribution in [0.5, 0.6) is 0 Å². The van der Waals surface area contributed by atoms with Crippen LogP contribution in [0.3, 0.4) is 0 Å². The second-order valence-corrected chi connectivity index (χ2v) is 6.07. The van der Waals surface area contributed by atoms with E-state index in [9.17, 15) is 10.1 Å². The van der Waals surface area contributed by atoms with Crippen LogP contribution in [0.25, 0.3) is 10.9 Å². The highest BCUT2D eigenvalue weighted by Gasteiger charge is 2.48. The Bertz CT molecular complexity index is 841. The van der Waals surface area contributed by atoms with Crippen LogP contribution in [0.2, 0.25) is 0 Å². The quantitative estimate of drug-likeness (QED) is 0.692. The maximum atomic E-state index is 12.7. The fourth-order valence-electron chi connectivity index (χ4n) is 3.73. The molecule has 2 aromatic rings. The van der Waals surface area contributed by atoms with E-state index in [1.165, 1.54) is 0 Å². The lowest BCUT2D eigenvalue weighted by atomic mass is 9.82. The third-order valence-corrected chi connectivity index (χ3v) is 4.83. The molecule has 4 heteroatoms. The van der Waals surface area contributed by atoms with Gasteiger partial charge in [-0.15, -0.1) is 6.58 Å². The molecule has 0 fully saturated rings. The van der Waals surface area contributed by atoms with Gasteiger partial charge in [-0.1, -0.05) is 12.1 Å². The lowest BCUT2D eigenvalue weighted by Gasteiger charge is -2.25. The standard InChI is InChI=1S/C19H20N2O2/c1-4-9-19(18(22)23-5-2)10-8-14-15-13(11-20)7-6-12(3)16(15)21-17(14)19/h4,6-7,21H,1,5,8-10H2,2-3H3. The molecule has 0 spiro atoms. The summed E-state index contributed by atoms with van der Waals surface area (Å²) in [6.07, 6.45) is 3.76. The van der Waals surface area contributed by atoms with Crippen molar-refractivity contribution in [2.24, 2.45) is 0 Å². The van der Waals surface area contributed by atoms with Gasteiger partial charge in [0, 0.05) is 11.1 Å². The molecule has 0 amide bonds. The highest BCUT2D eigenvalue weighted by atomic mass is 16.5. The molecule has 1 aliphatic carbocycles. The van der Waals surface area contributed by atoms with Crippen molar-refractivity contribution in [3.8, 4) is 6.07 Å². The average molecular weight is 308 g/mol. The number of fused-ring (bicyclic) bond motifs is 3. The lowest BCUT2D eigenvalue weighted by Crippen LogP contribution is -2.35.